The van der Waals surface area contributed by atoms with Gasteiger partial charge in [-0.15, -0.1) is 0 Å². The van der Waals surface area contributed by atoms with Crippen LogP contribution < -0.4 is 0 Å². The van der Waals surface area contributed by atoms with Crippen molar-refractivity contribution in [3.05, 3.63) is 75.8 Å². The molecule has 0 fully saturated rings. The van der Waals surface area contributed by atoms with Crippen LogP contribution >= 0.6 is 11.6 Å². The van der Waals surface area contributed by atoms with Crippen molar-refractivity contribution in [3.8, 4) is 0 Å². The summed E-state index contributed by atoms with van der Waals surface area (Å²) >= 11 is 6.27. The number of rotatable bonds is 3. The van der Waals surface area contributed by atoms with Gasteiger partial charge in [0.15, 0.2) is 0 Å². The average molecular weight is 312 g/mol. The maximum absolute atomic E-state index is 6.27. The summed E-state index contributed by atoms with van der Waals surface area (Å²) in [4.78, 5) is 2.22. The molecule has 0 atom stereocenters. The van der Waals surface area contributed by atoms with Crippen LogP contribution in [0.5, 0.6) is 0 Å². The zero-order valence-corrected chi connectivity index (χ0v) is 14.0. The summed E-state index contributed by atoms with van der Waals surface area (Å²) < 4.78 is 0. The summed E-state index contributed by atoms with van der Waals surface area (Å²) in [5.74, 6) is 0. The summed E-state index contributed by atoms with van der Waals surface area (Å²) in [6, 6.07) is 15.1. The lowest BCUT2D eigenvalue weighted by Crippen LogP contribution is -2.12. The number of aryl methyl sites for hydroxylation is 2. The monoisotopic (exact) mass is 311 g/mol. The van der Waals surface area contributed by atoms with Gasteiger partial charge in [-0.25, -0.2) is 0 Å². The molecule has 0 aliphatic heterocycles. The summed E-state index contributed by atoms with van der Waals surface area (Å²) in [6.45, 7) is 1.06. The zero-order chi connectivity index (χ0) is 15.5. The molecular formula is C20H22ClN. The first-order valence-corrected chi connectivity index (χ1v) is 8.25. The van der Waals surface area contributed by atoms with Crippen LogP contribution in [0.4, 0.5) is 0 Å². The van der Waals surface area contributed by atoms with E-state index in [0.717, 1.165) is 30.8 Å². The SMILES string of the molecule is CN(C)CC/C=C1\c2ccccc2CCc2ccc(Cl)cc21. The molecule has 0 N–H and O–H groups in total. The standard InChI is InChI=1S/C20H22ClN/c1-22(2)13-5-8-19-18-7-4-3-6-15(18)9-10-16-11-12-17(21)14-20(16)19/h3-4,6-8,11-12,14H,5,9-10,13H2,1-2H3/b19-8+. The van der Waals surface area contributed by atoms with Crippen molar-refractivity contribution in [1.29, 1.82) is 0 Å². The minimum absolute atomic E-state index is 0.816. The van der Waals surface area contributed by atoms with Crippen LogP contribution in [-0.4, -0.2) is 25.5 Å². The lowest BCUT2D eigenvalue weighted by molar-refractivity contribution is 0.417. The normalized spacial score (nSPS) is 15.5. The molecule has 0 bridgehead atoms. The van der Waals surface area contributed by atoms with E-state index >= 15 is 0 Å². The van der Waals surface area contributed by atoms with Crippen molar-refractivity contribution in [1.82, 2.24) is 4.90 Å². The Morgan fingerprint density at radius 3 is 2.50 bits per heavy atom. The van der Waals surface area contributed by atoms with Crippen LogP contribution in [0.3, 0.4) is 0 Å². The maximum atomic E-state index is 6.27. The van der Waals surface area contributed by atoms with Crippen LogP contribution in [-0.2, 0) is 12.8 Å². The molecule has 2 aromatic carbocycles. The molecule has 1 aliphatic rings. The van der Waals surface area contributed by atoms with Crippen molar-refractivity contribution < 1.29 is 0 Å². The molecule has 2 heteroatoms. The molecule has 22 heavy (non-hydrogen) atoms. The van der Waals surface area contributed by atoms with Gasteiger partial charge in [0.25, 0.3) is 0 Å². The third kappa shape index (κ3) is 3.26. The van der Waals surface area contributed by atoms with Gasteiger partial charge >= 0.3 is 0 Å². The molecule has 114 valence electrons. The Morgan fingerprint density at radius 1 is 1.00 bits per heavy atom. The van der Waals surface area contributed by atoms with Crippen LogP contribution in [0.2, 0.25) is 5.02 Å². The van der Waals surface area contributed by atoms with Crippen molar-refractivity contribution in [3.63, 3.8) is 0 Å². The first-order chi connectivity index (χ1) is 10.6. The van der Waals surface area contributed by atoms with E-state index in [1.54, 1.807) is 0 Å². The fraction of sp³-hybridized carbons (Fsp3) is 0.300. The van der Waals surface area contributed by atoms with E-state index in [-0.39, 0.29) is 0 Å². The Hall–Kier alpha value is -1.57. The summed E-state index contributed by atoms with van der Waals surface area (Å²) in [5.41, 5.74) is 6.84. The number of fused-ring (bicyclic) bond motifs is 2. The van der Waals surface area contributed by atoms with Crippen LogP contribution in [0, 0.1) is 0 Å². The largest absolute Gasteiger partial charge is 0.309 e. The molecule has 1 aliphatic carbocycles. The van der Waals surface area contributed by atoms with Gasteiger partial charge in [-0.2, -0.15) is 0 Å². The smallest absolute Gasteiger partial charge is 0.0412 e. The molecule has 0 saturated heterocycles. The van der Waals surface area contributed by atoms with Gasteiger partial charge in [0.2, 0.25) is 0 Å². The summed E-state index contributed by atoms with van der Waals surface area (Å²) in [5, 5.41) is 0.816. The highest BCUT2D eigenvalue weighted by molar-refractivity contribution is 6.30. The fourth-order valence-electron chi connectivity index (χ4n) is 3.12. The molecular weight excluding hydrogens is 290 g/mol. The van der Waals surface area contributed by atoms with Gasteiger partial charge in [0.1, 0.15) is 0 Å². The number of hydrogen-bond acceptors (Lipinski definition) is 1. The topological polar surface area (TPSA) is 3.24 Å². The number of nitrogens with zero attached hydrogens (tertiary/aromatic N) is 1. The summed E-state index contributed by atoms with van der Waals surface area (Å²) in [6.07, 6.45) is 5.59. The van der Waals surface area contributed by atoms with E-state index in [0.29, 0.717) is 0 Å². The molecule has 0 saturated carbocycles. The van der Waals surface area contributed by atoms with Gasteiger partial charge in [0.05, 0.1) is 0 Å². The van der Waals surface area contributed by atoms with E-state index in [1.807, 2.05) is 6.07 Å². The van der Waals surface area contributed by atoms with Crippen LogP contribution in [0.15, 0.2) is 48.5 Å². The second-order valence-electron chi connectivity index (χ2n) is 6.17. The predicted octanol–water partition coefficient (Wildman–Crippen LogP) is 4.82. The number of hydrogen-bond donors (Lipinski definition) is 0. The molecule has 0 amide bonds. The van der Waals surface area contributed by atoms with Crippen LogP contribution in [0.25, 0.3) is 5.57 Å². The second-order valence-corrected chi connectivity index (χ2v) is 6.60. The van der Waals surface area contributed by atoms with E-state index in [2.05, 4.69) is 61.5 Å². The zero-order valence-electron chi connectivity index (χ0n) is 13.3. The van der Waals surface area contributed by atoms with E-state index < -0.39 is 0 Å². The highest BCUT2D eigenvalue weighted by Gasteiger charge is 2.17. The molecule has 0 aromatic heterocycles. The second kappa shape index (κ2) is 6.68. The first kappa shape index (κ1) is 15.3. The Bertz CT molecular complexity index is 701. The quantitative estimate of drug-likeness (QED) is 0.785. The van der Waals surface area contributed by atoms with Crippen LogP contribution in [0.1, 0.15) is 28.7 Å². The number of benzene rings is 2. The Morgan fingerprint density at radius 2 is 1.73 bits per heavy atom. The van der Waals surface area contributed by atoms with Crippen molar-refractivity contribution in [2.24, 2.45) is 0 Å². The lowest BCUT2D eigenvalue weighted by atomic mass is 9.93. The molecule has 1 nitrogen and oxygen atoms in total. The predicted molar refractivity (Wildman–Crippen MR) is 95.6 cm³/mol. The molecule has 0 spiro atoms. The van der Waals surface area contributed by atoms with Gasteiger partial charge in [-0.1, -0.05) is 48.0 Å². The number of halogens is 1. The van der Waals surface area contributed by atoms with E-state index in [4.69, 9.17) is 11.6 Å². The minimum Gasteiger partial charge on any atom is -0.309 e. The Balaban J connectivity index is 2.10. The Labute approximate surface area is 138 Å². The molecule has 0 heterocycles. The lowest BCUT2D eigenvalue weighted by Gasteiger charge is -2.13. The van der Waals surface area contributed by atoms with Gasteiger partial charge in [-0.3, -0.25) is 0 Å². The highest BCUT2D eigenvalue weighted by Crippen LogP contribution is 2.35. The van der Waals surface area contributed by atoms with Crippen molar-refractivity contribution in [2.45, 2.75) is 19.3 Å². The van der Waals surface area contributed by atoms with Crippen molar-refractivity contribution >= 4 is 17.2 Å². The molecule has 2 aromatic rings. The first-order valence-electron chi connectivity index (χ1n) is 7.87. The van der Waals surface area contributed by atoms with Gasteiger partial charge in [-0.05, 0) is 73.3 Å². The van der Waals surface area contributed by atoms with Gasteiger partial charge < -0.3 is 4.90 Å². The molecule has 0 unspecified atom stereocenters. The van der Waals surface area contributed by atoms with E-state index in [9.17, 15) is 0 Å². The maximum Gasteiger partial charge on any atom is 0.0412 e. The highest BCUT2D eigenvalue weighted by atomic mass is 35.5. The minimum atomic E-state index is 0.816. The Kier molecular flexibility index (Phi) is 4.66. The average Bonchev–Trinajstić information content (AvgIpc) is 2.65. The van der Waals surface area contributed by atoms with Crippen molar-refractivity contribution in [2.75, 3.05) is 20.6 Å². The van der Waals surface area contributed by atoms with E-state index in [1.165, 1.54) is 27.8 Å². The summed E-state index contributed by atoms with van der Waals surface area (Å²) in [7, 11) is 4.23. The van der Waals surface area contributed by atoms with Gasteiger partial charge in [0, 0.05) is 11.6 Å². The molecule has 3 rings (SSSR count). The molecule has 0 radical (unpaired) electrons. The fourth-order valence-corrected chi connectivity index (χ4v) is 3.29. The third-order valence-corrected chi connectivity index (χ3v) is 4.49. The third-order valence-electron chi connectivity index (χ3n) is 4.26.